The number of hydrogen-bond acceptors (Lipinski definition) is 6. The van der Waals surface area contributed by atoms with Crippen molar-refractivity contribution in [1.29, 1.82) is 0 Å². The Balaban J connectivity index is 1.52. The highest BCUT2D eigenvalue weighted by molar-refractivity contribution is 6.06. The molecule has 5 rings (SSSR count). The largest absolute Gasteiger partial charge is 0.381 e. The summed E-state index contributed by atoms with van der Waals surface area (Å²) in [4.78, 5) is 24.4. The van der Waals surface area contributed by atoms with E-state index in [1.165, 1.54) is 12.1 Å². The molecule has 9 heteroatoms. The molecule has 8 nitrogen and oxygen atoms in total. The van der Waals surface area contributed by atoms with Crippen molar-refractivity contribution in [3.8, 4) is 11.3 Å². The van der Waals surface area contributed by atoms with Crippen LogP contribution in [0.4, 0.5) is 10.1 Å². The number of aromatic nitrogens is 2. The van der Waals surface area contributed by atoms with Gasteiger partial charge in [-0.2, -0.15) is 0 Å². The maximum atomic E-state index is 13.7. The minimum absolute atomic E-state index is 0.0382. The lowest BCUT2D eigenvalue weighted by Crippen LogP contribution is -2.35. The van der Waals surface area contributed by atoms with Crippen LogP contribution < -0.4 is 10.6 Å². The van der Waals surface area contributed by atoms with Crippen LogP contribution in [0.15, 0.2) is 65.7 Å². The highest BCUT2D eigenvalue weighted by atomic mass is 19.1. The minimum atomic E-state index is -0.346. The van der Waals surface area contributed by atoms with E-state index in [2.05, 4.69) is 34.0 Å². The van der Waals surface area contributed by atoms with E-state index in [1.54, 1.807) is 12.4 Å². The van der Waals surface area contributed by atoms with E-state index in [1.807, 2.05) is 43.6 Å². The number of allylic oxidation sites excluding steroid dienone is 1. The number of nitrogens with zero attached hydrogens (tertiary/aromatic N) is 4. The molecule has 1 aromatic carbocycles. The fourth-order valence-electron chi connectivity index (χ4n) is 4.98. The lowest BCUT2D eigenvalue weighted by molar-refractivity contribution is 0.0966. The minimum Gasteiger partial charge on any atom is -0.381 e. The van der Waals surface area contributed by atoms with Gasteiger partial charge in [0.2, 0.25) is 0 Å². The van der Waals surface area contributed by atoms with E-state index >= 15 is 0 Å². The van der Waals surface area contributed by atoms with Crippen molar-refractivity contribution in [1.82, 2.24) is 19.6 Å². The number of nitrogens with one attached hydrogen (secondary N) is 2. The molecular formula is C29H33FN6O2. The van der Waals surface area contributed by atoms with E-state index in [-0.39, 0.29) is 23.7 Å². The number of imidazole rings is 1. The monoisotopic (exact) mass is 516 g/mol. The zero-order valence-electron chi connectivity index (χ0n) is 22.2. The fraction of sp³-hybridized carbons (Fsp3) is 0.345. The average molecular weight is 517 g/mol. The maximum absolute atomic E-state index is 13.7. The summed E-state index contributed by atoms with van der Waals surface area (Å²) in [5.41, 5.74) is 6.13. The van der Waals surface area contributed by atoms with Gasteiger partial charge in [-0.1, -0.05) is 12.6 Å². The van der Waals surface area contributed by atoms with Crippen molar-refractivity contribution < 1.29 is 13.9 Å². The molecule has 1 amide bonds. The summed E-state index contributed by atoms with van der Waals surface area (Å²) >= 11 is 0. The topological polar surface area (TPSA) is 83.3 Å². The Kier molecular flexibility index (Phi) is 7.14. The predicted octanol–water partition coefficient (Wildman–Crippen LogP) is 4.64. The van der Waals surface area contributed by atoms with Crippen molar-refractivity contribution in [3.63, 3.8) is 0 Å². The summed E-state index contributed by atoms with van der Waals surface area (Å²) in [6.07, 6.45) is 6.18. The van der Waals surface area contributed by atoms with Crippen LogP contribution in [0.2, 0.25) is 0 Å². The van der Waals surface area contributed by atoms with Gasteiger partial charge in [0, 0.05) is 42.9 Å². The van der Waals surface area contributed by atoms with Gasteiger partial charge in [-0.05, 0) is 63.7 Å². The molecule has 4 heterocycles. The molecule has 0 saturated carbocycles. The van der Waals surface area contributed by atoms with Crippen molar-refractivity contribution in [2.24, 2.45) is 10.9 Å². The number of ether oxygens (including phenoxy) is 1. The maximum Gasteiger partial charge on any atom is 0.254 e. The van der Waals surface area contributed by atoms with Crippen LogP contribution in [0.1, 0.15) is 36.2 Å². The van der Waals surface area contributed by atoms with Crippen LogP contribution in [-0.2, 0) is 11.3 Å². The first-order valence-electron chi connectivity index (χ1n) is 12.8. The number of carbonyl (C=O) groups excluding carboxylic acids is 1. The lowest BCUT2D eigenvalue weighted by Gasteiger charge is -2.26. The van der Waals surface area contributed by atoms with E-state index < -0.39 is 0 Å². The van der Waals surface area contributed by atoms with Gasteiger partial charge in [0.05, 0.1) is 35.5 Å². The fourth-order valence-corrected chi connectivity index (χ4v) is 4.98. The molecule has 0 radical (unpaired) electrons. The highest BCUT2D eigenvalue weighted by Gasteiger charge is 2.29. The van der Waals surface area contributed by atoms with Gasteiger partial charge in [-0.25, -0.2) is 14.4 Å². The quantitative estimate of drug-likeness (QED) is 0.426. The van der Waals surface area contributed by atoms with Crippen LogP contribution in [0, 0.1) is 11.7 Å². The molecule has 0 spiro atoms. The molecule has 0 aliphatic carbocycles. The summed E-state index contributed by atoms with van der Waals surface area (Å²) in [5.74, 6) is 0.371. The summed E-state index contributed by atoms with van der Waals surface area (Å²) < 4.78 is 21.1. The number of anilines is 1. The number of halogens is 1. The molecule has 1 saturated heterocycles. The van der Waals surface area contributed by atoms with Gasteiger partial charge in [0.15, 0.2) is 0 Å². The van der Waals surface area contributed by atoms with Crippen LogP contribution in [-0.4, -0.2) is 59.3 Å². The van der Waals surface area contributed by atoms with E-state index in [9.17, 15) is 9.18 Å². The van der Waals surface area contributed by atoms with Crippen LogP contribution in [0.5, 0.6) is 0 Å². The Morgan fingerprint density at radius 1 is 1.39 bits per heavy atom. The Morgan fingerprint density at radius 2 is 2.21 bits per heavy atom. The third kappa shape index (κ3) is 4.75. The number of carbonyl (C=O) groups is 1. The molecule has 0 unspecified atom stereocenters. The highest BCUT2D eigenvalue weighted by Crippen LogP contribution is 2.35. The molecule has 0 bridgehead atoms. The molecule has 1 fully saturated rings. The number of benzene rings is 1. The van der Waals surface area contributed by atoms with Crippen LogP contribution >= 0.6 is 0 Å². The number of aliphatic imine (C=N–C) groups is 1. The Bertz CT molecular complexity index is 1470. The second-order valence-corrected chi connectivity index (χ2v) is 9.93. The second-order valence-electron chi connectivity index (χ2n) is 9.93. The smallest absolute Gasteiger partial charge is 0.254 e. The predicted molar refractivity (Wildman–Crippen MR) is 148 cm³/mol. The third-order valence-corrected chi connectivity index (χ3v) is 7.42. The average Bonchev–Trinajstić information content (AvgIpc) is 3.66. The Morgan fingerprint density at radius 3 is 2.92 bits per heavy atom. The first kappa shape index (κ1) is 25.8. The van der Waals surface area contributed by atoms with Gasteiger partial charge in [-0.3, -0.25) is 9.20 Å². The lowest BCUT2D eigenvalue weighted by atomic mass is 9.92. The summed E-state index contributed by atoms with van der Waals surface area (Å²) in [7, 11) is 4.04. The van der Waals surface area contributed by atoms with E-state index in [4.69, 9.17) is 9.73 Å². The van der Waals surface area contributed by atoms with Crippen molar-refractivity contribution in [3.05, 3.63) is 77.7 Å². The summed E-state index contributed by atoms with van der Waals surface area (Å²) in [5, 5.41) is 6.34. The van der Waals surface area contributed by atoms with Crippen molar-refractivity contribution in [2.45, 2.75) is 32.9 Å². The third-order valence-electron chi connectivity index (χ3n) is 7.42. The Labute approximate surface area is 221 Å². The van der Waals surface area contributed by atoms with Gasteiger partial charge in [0.25, 0.3) is 5.91 Å². The molecule has 2 aromatic heterocycles. The van der Waals surface area contributed by atoms with Gasteiger partial charge in [-0.15, -0.1) is 0 Å². The van der Waals surface area contributed by atoms with Gasteiger partial charge >= 0.3 is 0 Å². The number of fused-ring (bicyclic) bond motifs is 2. The second kappa shape index (κ2) is 10.5. The van der Waals surface area contributed by atoms with Crippen molar-refractivity contribution in [2.75, 3.05) is 32.6 Å². The molecule has 2 atom stereocenters. The molecule has 2 aliphatic heterocycles. The molecule has 3 aromatic rings. The molecule has 2 N–H and O–H groups in total. The summed E-state index contributed by atoms with van der Waals surface area (Å²) in [6.45, 7) is 10.2. The zero-order valence-corrected chi connectivity index (χ0v) is 22.2. The van der Waals surface area contributed by atoms with E-state index in [0.717, 1.165) is 41.1 Å². The van der Waals surface area contributed by atoms with E-state index in [0.29, 0.717) is 35.9 Å². The first-order valence-corrected chi connectivity index (χ1v) is 12.8. The molecule has 2 aliphatic rings. The SMILES string of the molecule is C=C(C(=N/C(=C\C)Nc1ccc(-c2cnc3cc(F)ccn23)c2c1C(=O)NC2)[C@H](C)N(C)C)[C@H]1CCOC1. The standard InChI is InChI=1S/C29H33FN6O2/c1-6-25(34-28(18(3)35(4)5)17(2)19-10-12-38-16-19)33-23-8-7-21(22-14-32-29(37)27(22)23)24-15-31-26-13-20(30)9-11-36(24)26/h6-9,11,13,15,18-19,33H,2,10,12,14,16H2,1,3-5H3,(H,32,37)/b25-6-,34-28?/t18-,19-/m0/s1. The molecule has 38 heavy (non-hydrogen) atoms. The normalized spacial score (nSPS) is 18.7. The van der Waals surface area contributed by atoms with Crippen molar-refractivity contribution >= 4 is 23.0 Å². The van der Waals surface area contributed by atoms with Crippen LogP contribution in [0.3, 0.4) is 0 Å². The number of pyridine rings is 1. The first-order chi connectivity index (χ1) is 18.3. The number of amides is 1. The molecule has 198 valence electrons. The van der Waals surface area contributed by atoms with Crippen LogP contribution in [0.25, 0.3) is 16.9 Å². The van der Waals surface area contributed by atoms with Gasteiger partial charge in [0.1, 0.15) is 17.3 Å². The molecular weight excluding hydrogens is 483 g/mol. The Hall–Kier alpha value is -3.82. The summed E-state index contributed by atoms with van der Waals surface area (Å²) in [6, 6.07) is 6.67. The zero-order chi connectivity index (χ0) is 27.0. The number of rotatable bonds is 8. The van der Waals surface area contributed by atoms with Gasteiger partial charge < -0.3 is 20.3 Å². The number of hydrogen-bond donors (Lipinski definition) is 2.